The lowest BCUT2D eigenvalue weighted by Gasteiger charge is -2.36. The van der Waals surface area contributed by atoms with Gasteiger partial charge in [0.05, 0.1) is 12.1 Å². The fourth-order valence-electron chi connectivity index (χ4n) is 4.30. The molecule has 0 saturated carbocycles. The summed E-state index contributed by atoms with van der Waals surface area (Å²) in [6, 6.07) is 16.2. The fourth-order valence-corrected chi connectivity index (χ4v) is 5.21. The van der Waals surface area contributed by atoms with Gasteiger partial charge < -0.3 is 9.91 Å². The van der Waals surface area contributed by atoms with Crippen molar-refractivity contribution in [3.8, 4) is 0 Å². The molecule has 0 bridgehead atoms. The van der Waals surface area contributed by atoms with Crippen LogP contribution in [0.25, 0.3) is 0 Å². The van der Waals surface area contributed by atoms with Gasteiger partial charge in [0, 0.05) is 18.2 Å². The Hall–Kier alpha value is -2.44. The van der Waals surface area contributed by atoms with E-state index in [0.29, 0.717) is 12.1 Å². The highest BCUT2D eigenvalue weighted by atomic mass is 32.2. The highest BCUT2D eigenvalue weighted by Crippen LogP contribution is 2.35. The first-order chi connectivity index (χ1) is 14.1. The van der Waals surface area contributed by atoms with Crippen molar-refractivity contribution in [2.24, 2.45) is 5.10 Å². The largest absolute Gasteiger partial charge is 0.306 e. The Labute approximate surface area is 176 Å². The van der Waals surface area contributed by atoms with Crippen molar-refractivity contribution >= 4 is 16.9 Å². The molecule has 3 atom stereocenters. The number of thioether (sulfide) groups is 1. The minimum atomic E-state index is 0.170. The number of rotatable bonds is 3. The van der Waals surface area contributed by atoms with E-state index in [2.05, 4.69) is 101 Å². The Balaban J connectivity index is 1.26. The molecule has 3 aliphatic rings. The minimum absolute atomic E-state index is 0.170. The summed E-state index contributed by atoms with van der Waals surface area (Å²) in [6.45, 7) is 6.49. The maximum absolute atomic E-state index is 4.65. The van der Waals surface area contributed by atoms with E-state index >= 15 is 0 Å². The van der Waals surface area contributed by atoms with E-state index in [1.54, 1.807) is 11.8 Å². The van der Waals surface area contributed by atoms with E-state index in [-0.39, 0.29) is 6.17 Å². The lowest BCUT2D eigenvalue weighted by atomic mass is 9.97. The molecule has 150 valence electrons. The van der Waals surface area contributed by atoms with Crippen LogP contribution in [-0.2, 0) is 5.75 Å². The summed E-state index contributed by atoms with van der Waals surface area (Å²) in [5.74, 6) is 0.928. The van der Waals surface area contributed by atoms with Crippen LogP contribution in [-0.4, -0.2) is 27.3 Å². The molecule has 2 aromatic rings. The molecule has 0 spiro atoms. The van der Waals surface area contributed by atoms with Gasteiger partial charge in [-0.3, -0.25) is 5.43 Å². The van der Waals surface area contributed by atoms with E-state index in [1.807, 2.05) is 0 Å². The second kappa shape index (κ2) is 7.43. The van der Waals surface area contributed by atoms with E-state index < -0.39 is 0 Å². The molecule has 2 N–H and O–H groups in total. The zero-order valence-corrected chi connectivity index (χ0v) is 17.9. The topological polar surface area (TPSA) is 42.9 Å². The van der Waals surface area contributed by atoms with Crippen molar-refractivity contribution in [3.63, 3.8) is 0 Å². The number of hydrogen-bond donors (Lipinski definition) is 2. The number of nitrogens with zero attached hydrogens (tertiary/aromatic N) is 3. The summed E-state index contributed by atoms with van der Waals surface area (Å²) in [5, 5.41) is 7.94. The van der Waals surface area contributed by atoms with Crippen LogP contribution in [0.1, 0.15) is 40.3 Å². The zero-order valence-electron chi connectivity index (χ0n) is 17.1. The van der Waals surface area contributed by atoms with E-state index in [4.69, 9.17) is 0 Å². The molecule has 5 nitrogen and oxygen atoms in total. The third kappa shape index (κ3) is 3.51. The Morgan fingerprint density at radius 2 is 1.97 bits per heavy atom. The molecule has 5 rings (SSSR count). The van der Waals surface area contributed by atoms with Crippen LogP contribution in [0.3, 0.4) is 0 Å². The average molecular weight is 406 g/mol. The molecular weight excluding hydrogens is 378 g/mol. The Morgan fingerprint density at radius 3 is 2.79 bits per heavy atom. The number of hydrazine groups is 1. The molecule has 3 heterocycles. The van der Waals surface area contributed by atoms with E-state index in [0.717, 1.165) is 17.3 Å². The fraction of sp³-hybridized carbons (Fsp3) is 0.348. The lowest BCUT2D eigenvalue weighted by Crippen LogP contribution is -2.54. The molecule has 3 unspecified atom stereocenters. The zero-order chi connectivity index (χ0) is 20.0. The van der Waals surface area contributed by atoms with Crippen LogP contribution in [0.15, 0.2) is 60.0 Å². The highest BCUT2D eigenvalue weighted by molar-refractivity contribution is 8.13. The second-order valence-corrected chi connectivity index (χ2v) is 9.13. The summed E-state index contributed by atoms with van der Waals surface area (Å²) >= 11 is 1.79. The number of aryl methyl sites for hydroxylation is 3. The third-order valence-electron chi connectivity index (χ3n) is 6.09. The molecule has 29 heavy (non-hydrogen) atoms. The van der Waals surface area contributed by atoms with Gasteiger partial charge in [-0.25, -0.2) is 5.43 Å². The van der Waals surface area contributed by atoms with Gasteiger partial charge in [-0.05, 0) is 49.4 Å². The van der Waals surface area contributed by atoms with Crippen LogP contribution in [0.5, 0.6) is 0 Å². The Morgan fingerprint density at radius 1 is 1.07 bits per heavy atom. The molecule has 3 aliphatic heterocycles. The van der Waals surface area contributed by atoms with Crippen molar-refractivity contribution in [1.29, 1.82) is 0 Å². The number of nitrogens with one attached hydrogen (secondary N) is 2. The van der Waals surface area contributed by atoms with Crippen molar-refractivity contribution in [3.05, 3.63) is 82.7 Å². The van der Waals surface area contributed by atoms with Gasteiger partial charge in [0.25, 0.3) is 0 Å². The first-order valence-electron chi connectivity index (χ1n) is 10.2. The molecule has 6 heteroatoms. The predicted molar refractivity (Wildman–Crippen MR) is 120 cm³/mol. The lowest BCUT2D eigenvalue weighted by molar-refractivity contribution is 0.152. The van der Waals surface area contributed by atoms with Gasteiger partial charge in [-0.2, -0.15) is 5.10 Å². The normalized spacial score (nSPS) is 24.9. The summed E-state index contributed by atoms with van der Waals surface area (Å²) in [4.78, 5) is 2.28. The van der Waals surface area contributed by atoms with Crippen molar-refractivity contribution in [2.45, 2.75) is 51.2 Å². The first kappa shape index (κ1) is 18.6. The molecule has 1 saturated heterocycles. The number of hydrazone groups is 1. The van der Waals surface area contributed by atoms with E-state index in [1.165, 1.54) is 27.8 Å². The maximum Gasteiger partial charge on any atom is 0.189 e. The Bertz CT molecular complexity index is 985. The van der Waals surface area contributed by atoms with Crippen LogP contribution < -0.4 is 10.9 Å². The molecule has 0 aromatic heterocycles. The number of amidine groups is 1. The average Bonchev–Trinajstić information content (AvgIpc) is 3.32. The second-order valence-electron chi connectivity index (χ2n) is 8.19. The van der Waals surface area contributed by atoms with Gasteiger partial charge in [0.15, 0.2) is 5.17 Å². The summed E-state index contributed by atoms with van der Waals surface area (Å²) in [5.41, 5.74) is 13.7. The van der Waals surface area contributed by atoms with Gasteiger partial charge in [0.2, 0.25) is 0 Å². The monoisotopic (exact) mass is 405 g/mol. The maximum atomic E-state index is 4.65. The van der Waals surface area contributed by atoms with Crippen LogP contribution in [0.2, 0.25) is 0 Å². The third-order valence-corrected chi connectivity index (χ3v) is 7.13. The number of benzene rings is 2. The van der Waals surface area contributed by atoms with Gasteiger partial charge in [-0.1, -0.05) is 59.8 Å². The van der Waals surface area contributed by atoms with Crippen molar-refractivity contribution in [2.75, 3.05) is 0 Å². The van der Waals surface area contributed by atoms with Crippen molar-refractivity contribution in [1.82, 2.24) is 20.8 Å². The van der Waals surface area contributed by atoms with E-state index in [9.17, 15) is 0 Å². The minimum Gasteiger partial charge on any atom is -0.306 e. The summed E-state index contributed by atoms with van der Waals surface area (Å²) < 4.78 is 0. The molecular formula is C23H27N5S. The van der Waals surface area contributed by atoms with Gasteiger partial charge in [0.1, 0.15) is 6.17 Å². The van der Waals surface area contributed by atoms with Crippen LogP contribution in [0, 0.1) is 20.8 Å². The molecule has 0 amide bonds. The van der Waals surface area contributed by atoms with Gasteiger partial charge >= 0.3 is 0 Å². The number of hydrogen-bond acceptors (Lipinski definition) is 6. The standard InChI is InChI=1S/C23H27N5S/c1-15-5-4-6-18(11-15)14-29-23-25-24-22-21-13-20(26-28(21)10-9-27(22)23)19-8-7-16(2)17(3)12-19/h4-12,20-22,24,26H,13-14H2,1-3H3. The molecule has 0 radical (unpaired) electrons. The quantitative estimate of drug-likeness (QED) is 0.803. The van der Waals surface area contributed by atoms with Crippen LogP contribution in [0.4, 0.5) is 0 Å². The summed E-state index contributed by atoms with van der Waals surface area (Å²) in [6.07, 6.45) is 5.51. The Kier molecular flexibility index (Phi) is 4.76. The smallest absolute Gasteiger partial charge is 0.189 e. The molecule has 1 fully saturated rings. The predicted octanol–water partition coefficient (Wildman–Crippen LogP) is 4.15. The summed E-state index contributed by atoms with van der Waals surface area (Å²) in [7, 11) is 0. The van der Waals surface area contributed by atoms with Crippen molar-refractivity contribution < 1.29 is 0 Å². The SMILES string of the molecule is Cc1cccc(CSC2=NNC3C4CC(c5ccc(C)c(C)c5)NN4C=CN23)c1. The number of fused-ring (bicyclic) bond motifs is 3. The molecule has 0 aliphatic carbocycles. The first-order valence-corrected chi connectivity index (χ1v) is 11.2. The van der Waals surface area contributed by atoms with Gasteiger partial charge in [-0.15, -0.1) is 0 Å². The highest BCUT2D eigenvalue weighted by Gasteiger charge is 2.44. The van der Waals surface area contributed by atoms with Crippen LogP contribution >= 0.6 is 11.8 Å². The molecule has 2 aromatic carbocycles.